The summed E-state index contributed by atoms with van der Waals surface area (Å²) < 4.78 is 53.8. The molecule has 3 aliphatic rings. The molecule has 0 bridgehead atoms. The van der Waals surface area contributed by atoms with Crippen LogP contribution in [0.2, 0.25) is 0 Å². The van der Waals surface area contributed by atoms with Gasteiger partial charge in [0.1, 0.15) is 12.2 Å². The molecule has 0 amide bonds. The quantitative estimate of drug-likeness (QED) is 0.785. The van der Waals surface area contributed by atoms with Crippen LogP contribution >= 0.6 is 0 Å². The van der Waals surface area contributed by atoms with Gasteiger partial charge in [-0.3, -0.25) is 0 Å². The molecular formula is C17H27F3O5. The molecule has 1 saturated carbocycles. The summed E-state index contributed by atoms with van der Waals surface area (Å²) in [6.07, 6.45) is -4.38. The van der Waals surface area contributed by atoms with Crippen LogP contribution < -0.4 is 0 Å². The molecular weight excluding hydrogens is 341 g/mol. The topological polar surface area (TPSA) is 68.2 Å². The molecule has 0 aromatic carbocycles. The van der Waals surface area contributed by atoms with Crippen LogP contribution in [0.3, 0.4) is 0 Å². The first-order valence-corrected chi connectivity index (χ1v) is 8.90. The normalized spacial score (nSPS) is 50.9. The lowest BCUT2D eigenvalue weighted by Crippen LogP contribution is -2.67. The Kier molecular flexibility index (Phi) is 4.90. The fraction of sp³-hybridized carbons (Fsp3) is 1.00. The molecule has 3 rings (SSSR count). The molecule has 1 aliphatic carbocycles. The predicted molar refractivity (Wildman–Crippen MR) is 81.1 cm³/mol. The fourth-order valence-corrected chi connectivity index (χ4v) is 4.90. The van der Waals surface area contributed by atoms with Crippen LogP contribution in [0.4, 0.5) is 13.2 Å². The van der Waals surface area contributed by atoms with E-state index in [-0.39, 0.29) is 17.8 Å². The predicted octanol–water partition coefficient (Wildman–Crippen LogP) is 2.80. The first kappa shape index (κ1) is 19.4. The summed E-state index contributed by atoms with van der Waals surface area (Å²) in [4.78, 5) is 0. The number of hydrogen-bond donors (Lipinski definition) is 2. The van der Waals surface area contributed by atoms with Gasteiger partial charge in [-0.2, -0.15) is 13.2 Å². The highest BCUT2D eigenvalue weighted by Gasteiger charge is 2.63. The van der Waals surface area contributed by atoms with Gasteiger partial charge < -0.3 is 24.4 Å². The lowest BCUT2D eigenvalue weighted by atomic mass is 9.58. The highest BCUT2D eigenvalue weighted by Crippen LogP contribution is 2.55. The van der Waals surface area contributed by atoms with Gasteiger partial charge >= 0.3 is 6.18 Å². The zero-order valence-electron chi connectivity index (χ0n) is 14.8. The van der Waals surface area contributed by atoms with E-state index in [1.54, 1.807) is 6.92 Å². The van der Waals surface area contributed by atoms with Gasteiger partial charge in [0, 0.05) is 18.3 Å². The van der Waals surface area contributed by atoms with Crippen LogP contribution in [0.1, 0.15) is 46.5 Å². The molecule has 0 aromatic rings. The average Bonchev–Trinajstić information content (AvgIpc) is 2.57. The van der Waals surface area contributed by atoms with E-state index >= 15 is 0 Å². The third-order valence-corrected chi connectivity index (χ3v) is 6.20. The third kappa shape index (κ3) is 3.56. The summed E-state index contributed by atoms with van der Waals surface area (Å²) in [5.41, 5.74) is -1.34. The fourth-order valence-electron chi connectivity index (χ4n) is 4.90. The smallest absolute Gasteiger partial charge is 0.384 e. The number of rotatable bonds is 2. The Labute approximate surface area is 145 Å². The van der Waals surface area contributed by atoms with E-state index in [4.69, 9.17) is 14.2 Å². The van der Waals surface area contributed by atoms with Gasteiger partial charge in [-0.05, 0) is 38.0 Å². The monoisotopic (exact) mass is 368 g/mol. The summed E-state index contributed by atoms with van der Waals surface area (Å²) in [6.45, 7) is 3.86. The lowest BCUT2D eigenvalue weighted by Gasteiger charge is -2.57. The largest absolute Gasteiger partial charge is 0.411 e. The van der Waals surface area contributed by atoms with Crippen molar-refractivity contribution in [3.8, 4) is 0 Å². The standard InChI is InChI=1S/C17H27F3O5/c1-9-4-5-12-10(2)13(23-8-16(18,19)20)24-14-17(12,22)11(9)6-7-15(3,21)25-14/h9-14,21-22H,4-8H2,1-3H3/t9-,10-,11?,12?,13?,14-,15-,17-/m1/s1. The van der Waals surface area contributed by atoms with Crippen molar-refractivity contribution in [2.45, 2.75) is 76.6 Å². The number of halogens is 3. The van der Waals surface area contributed by atoms with E-state index in [0.717, 1.165) is 6.42 Å². The van der Waals surface area contributed by atoms with E-state index in [1.165, 1.54) is 6.92 Å². The summed E-state index contributed by atoms with van der Waals surface area (Å²) in [7, 11) is 0. The molecule has 0 radical (unpaired) electrons. The van der Waals surface area contributed by atoms with Gasteiger partial charge in [0.05, 0.1) is 0 Å². The van der Waals surface area contributed by atoms with Gasteiger partial charge in [0.15, 0.2) is 18.4 Å². The van der Waals surface area contributed by atoms with Crippen molar-refractivity contribution in [1.82, 2.24) is 0 Å². The number of ether oxygens (including phenoxy) is 3. The second-order valence-electron chi connectivity index (χ2n) is 8.11. The van der Waals surface area contributed by atoms with E-state index < -0.39 is 42.7 Å². The Bertz CT molecular complexity index is 497. The zero-order chi connectivity index (χ0) is 18.6. The van der Waals surface area contributed by atoms with Crippen molar-refractivity contribution in [2.24, 2.45) is 23.7 Å². The maximum absolute atomic E-state index is 12.5. The molecule has 25 heavy (non-hydrogen) atoms. The van der Waals surface area contributed by atoms with Gasteiger partial charge in [0.2, 0.25) is 0 Å². The molecule has 8 heteroatoms. The van der Waals surface area contributed by atoms with Crippen molar-refractivity contribution < 1.29 is 37.6 Å². The minimum Gasteiger partial charge on any atom is -0.384 e. The molecule has 0 spiro atoms. The summed E-state index contributed by atoms with van der Waals surface area (Å²) >= 11 is 0. The zero-order valence-corrected chi connectivity index (χ0v) is 14.8. The molecule has 3 unspecified atom stereocenters. The molecule has 146 valence electrons. The van der Waals surface area contributed by atoms with Crippen LogP contribution in [-0.4, -0.2) is 47.0 Å². The van der Waals surface area contributed by atoms with Gasteiger partial charge in [-0.25, -0.2) is 0 Å². The molecule has 2 aliphatic heterocycles. The maximum Gasteiger partial charge on any atom is 0.411 e. The molecule has 2 saturated heterocycles. The summed E-state index contributed by atoms with van der Waals surface area (Å²) in [6, 6.07) is 0. The molecule has 8 atom stereocenters. The Balaban J connectivity index is 1.89. The Morgan fingerprint density at radius 2 is 1.80 bits per heavy atom. The first-order valence-electron chi connectivity index (χ1n) is 8.90. The van der Waals surface area contributed by atoms with Crippen LogP contribution in [0.5, 0.6) is 0 Å². The Morgan fingerprint density at radius 3 is 2.44 bits per heavy atom. The Morgan fingerprint density at radius 1 is 1.12 bits per heavy atom. The highest BCUT2D eigenvalue weighted by molar-refractivity contribution is 5.07. The molecule has 5 nitrogen and oxygen atoms in total. The molecule has 2 N–H and O–H groups in total. The van der Waals surface area contributed by atoms with Gasteiger partial charge in [-0.15, -0.1) is 0 Å². The van der Waals surface area contributed by atoms with Crippen LogP contribution in [0.15, 0.2) is 0 Å². The van der Waals surface area contributed by atoms with Gasteiger partial charge in [-0.1, -0.05) is 13.8 Å². The van der Waals surface area contributed by atoms with Crippen molar-refractivity contribution in [3.05, 3.63) is 0 Å². The molecule has 2 heterocycles. The van der Waals surface area contributed by atoms with Crippen LogP contribution in [-0.2, 0) is 14.2 Å². The van der Waals surface area contributed by atoms with Crippen molar-refractivity contribution in [1.29, 1.82) is 0 Å². The van der Waals surface area contributed by atoms with Gasteiger partial charge in [0.25, 0.3) is 0 Å². The number of alkyl halides is 3. The van der Waals surface area contributed by atoms with E-state index in [0.29, 0.717) is 19.3 Å². The van der Waals surface area contributed by atoms with E-state index in [1.807, 2.05) is 6.92 Å². The van der Waals surface area contributed by atoms with Crippen molar-refractivity contribution >= 4 is 0 Å². The molecule has 3 fully saturated rings. The van der Waals surface area contributed by atoms with Crippen LogP contribution in [0, 0.1) is 23.7 Å². The summed E-state index contributed by atoms with van der Waals surface area (Å²) in [5.74, 6) is -2.15. The van der Waals surface area contributed by atoms with Crippen LogP contribution in [0.25, 0.3) is 0 Å². The SMILES string of the molecule is C[C@H]1C(OCC(F)(F)F)O[C@@H]2O[C@@](C)(O)CCC3[C@H](C)CCC1[C@]32O. The number of aliphatic hydroxyl groups is 2. The maximum atomic E-state index is 12.5. The second kappa shape index (κ2) is 6.34. The average molecular weight is 368 g/mol. The van der Waals surface area contributed by atoms with Crippen molar-refractivity contribution in [2.75, 3.05) is 6.61 Å². The van der Waals surface area contributed by atoms with Crippen molar-refractivity contribution in [3.63, 3.8) is 0 Å². The second-order valence-corrected chi connectivity index (χ2v) is 8.11. The van der Waals surface area contributed by atoms with E-state index in [9.17, 15) is 23.4 Å². The molecule has 0 aromatic heterocycles. The summed E-state index contributed by atoms with van der Waals surface area (Å²) in [5, 5.41) is 21.9. The number of hydrogen-bond acceptors (Lipinski definition) is 5. The lowest BCUT2D eigenvalue weighted by molar-refractivity contribution is -0.412. The minimum absolute atomic E-state index is 0.142. The van der Waals surface area contributed by atoms with E-state index in [2.05, 4.69) is 0 Å². The Hall–Kier alpha value is -0.410. The third-order valence-electron chi connectivity index (χ3n) is 6.20. The minimum atomic E-state index is -4.46. The highest BCUT2D eigenvalue weighted by atomic mass is 19.4. The first-order chi connectivity index (χ1) is 11.4.